The smallest absolute Gasteiger partial charge is 0.146 e. The predicted octanol–water partition coefficient (Wildman–Crippen LogP) is 1.74. The molecule has 2 atom stereocenters. The number of nitrogens with one attached hydrogen (secondary N) is 1. The molecule has 5 heteroatoms. The van der Waals surface area contributed by atoms with E-state index in [2.05, 4.69) is 43.2 Å². The summed E-state index contributed by atoms with van der Waals surface area (Å²) >= 11 is 0. The van der Waals surface area contributed by atoms with Crippen LogP contribution >= 0.6 is 0 Å². The molecule has 0 spiro atoms. The minimum Gasteiger partial charge on any atom is -0.377 e. The van der Waals surface area contributed by atoms with Gasteiger partial charge in [0.25, 0.3) is 0 Å². The third-order valence-corrected chi connectivity index (χ3v) is 4.12. The molecule has 1 saturated carbocycles. The maximum Gasteiger partial charge on any atom is 0.146 e. The average molecular weight is 266 g/mol. The molecule has 0 saturated heterocycles. The zero-order valence-electron chi connectivity index (χ0n) is 12.7. The van der Waals surface area contributed by atoms with E-state index in [-0.39, 0.29) is 5.41 Å². The van der Waals surface area contributed by atoms with Gasteiger partial charge in [0.1, 0.15) is 12.2 Å². The lowest BCUT2D eigenvalue weighted by molar-refractivity contribution is -0.124. The molecule has 2 unspecified atom stereocenters. The van der Waals surface area contributed by atoms with Crippen LogP contribution in [0.3, 0.4) is 0 Å². The van der Waals surface area contributed by atoms with E-state index in [9.17, 15) is 0 Å². The van der Waals surface area contributed by atoms with Crippen molar-refractivity contribution in [1.29, 1.82) is 0 Å². The maximum atomic E-state index is 5.97. The Bertz CT molecular complexity index is 413. The van der Waals surface area contributed by atoms with Crippen molar-refractivity contribution in [3.05, 3.63) is 12.2 Å². The second-order valence-electron chi connectivity index (χ2n) is 6.56. The van der Waals surface area contributed by atoms with Crippen LogP contribution in [0.1, 0.15) is 39.9 Å². The Hall–Kier alpha value is -0.940. The molecule has 5 nitrogen and oxygen atoms in total. The third kappa shape index (κ3) is 3.15. The summed E-state index contributed by atoms with van der Waals surface area (Å²) in [6.45, 7) is 10.5. The lowest BCUT2D eigenvalue weighted by Crippen LogP contribution is -2.60. The number of aromatic nitrogens is 3. The number of aryl methyl sites for hydroxylation is 1. The first-order valence-corrected chi connectivity index (χ1v) is 7.09. The molecule has 0 radical (unpaired) electrons. The third-order valence-electron chi connectivity index (χ3n) is 4.12. The highest BCUT2D eigenvalue weighted by Gasteiger charge is 2.48. The van der Waals surface area contributed by atoms with Crippen LogP contribution in [0, 0.1) is 11.3 Å². The molecular weight excluding hydrogens is 240 g/mol. The van der Waals surface area contributed by atoms with Crippen LogP contribution in [0.4, 0.5) is 0 Å². The Balaban J connectivity index is 1.79. The number of ether oxygens (including phenoxy) is 1. The van der Waals surface area contributed by atoms with Gasteiger partial charge in [0.05, 0.1) is 12.6 Å². The van der Waals surface area contributed by atoms with E-state index in [1.807, 2.05) is 11.6 Å². The van der Waals surface area contributed by atoms with Gasteiger partial charge in [-0.05, 0) is 12.3 Å². The van der Waals surface area contributed by atoms with Crippen molar-refractivity contribution in [3.8, 4) is 0 Å². The standard InChI is InChI=1S/C14H26N4O/c1-10(2)8-19-12-6-11(14(12,3)4)15-7-13-17-16-9-18(13)5/h9-12,15H,6-8H2,1-5H3. The Kier molecular flexibility index (Phi) is 4.26. The van der Waals surface area contributed by atoms with Crippen molar-refractivity contribution in [3.63, 3.8) is 0 Å². The van der Waals surface area contributed by atoms with Gasteiger partial charge in [-0.1, -0.05) is 27.7 Å². The highest BCUT2D eigenvalue weighted by Crippen LogP contribution is 2.43. The van der Waals surface area contributed by atoms with E-state index in [0.29, 0.717) is 18.1 Å². The van der Waals surface area contributed by atoms with Crippen molar-refractivity contribution < 1.29 is 4.74 Å². The van der Waals surface area contributed by atoms with Gasteiger partial charge >= 0.3 is 0 Å². The minimum absolute atomic E-state index is 0.188. The molecule has 1 N–H and O–H groups in total. The first kappa shape index (κ1) is 14.5. The summed E-state index contributed by atoms with van der Waals surface area (Å²) in [6.07, 6.45) is 3.18. The Morgan fingerprint density at radius 2 is 2.26 bits per heavy atom. The van der Waals surface area contributed by atoms with Crippen molar-refractivity contribution >= 4 is 0 Å². The van der Waals surface area contributed by atoms with Crippen LogP contribution in [-0.4, -0.2) is 33.5 Å². The first-order valence-electron chi connectivity index (χ1n) is 7.09. The molecule has 1 heterocycles. The topological polar surface area (TPSA) is 52.0 Å². The van der Waals surface area contributed by atoms with Crippen LogP contribution in [0.5, 0.6) is 0 Å². The van der Waals surface area contributed by atoms with E-state index in [1.54, 1.807) is 6.33 Å². The highest BCUT2D eigenvalue weighted by atomic mass is 16.5. The number of rotatable bonds is 6. The number of nitrogens with zero attached hydrogens (tertiary/aromatic N) is 3. The maximum absolute atomic E-state index is 5.97. The summed E-state index contributed by atoms with van der Waals surface area (Å²) in [5.74, 6) is 1.57. The minimum atomic E-state index is 0.188. The van der Waals surface area contributed by atoms with Gasteiger partial charge in [-0.15, -0.1) is 10.2 Å². The fraction of sp³-hybridized carbons (Fsp3) is 0.857. The van der Waals surface area contributed by atoms with Crippen molar-refractivity contribution in [1.82, 2.24) is 20.1 Å². The summed E-state index contributed by atoms with van der Waals surface area (Å²) in [4.78, 5) is 0. The van der Waals surface area contributed by atoms with Crippen LogP contribution in [0.15, 0.2) is 6.33 Å². The van der Waals surface area contributed by atoms with Crippen LogP contribution in [0.2, 0.25) is 0 Å². The van der Waals surface area contributed by atoms with E-state index in [0.717, 1.165) is 25.4 Å². The molecule has 1 aromatic rings. The zero-order valence-corrected chi connectivity index (χ0v) is 12.7. The molecule has 2 rings (SSSR count). The average Bonchev–Trinajstić information content (AvgIpc) is 2.72. The lowest BCUT2D eigenvalue weighted by Gasteiger charge is -2.52. The monoisotopic (exact) mass is 266 g/mol. The van der Waals surface area contributed by atoms with Crippen LogP contribution in [0.25, 0.3) is 0 Å². The zero-order chi connectivity index (χ0) is 14.0. The summed E-state index contributed by atoms with van der Waals surface area (Å²) < 4.78 is 7.92. The molecule has 1 aliphatic carbocycles. The lowest BCUT2D eigenvalue weighted by atomic mass is 9.64. The number of hydrogen-bond donors (Lipinski definition) is 1. The van der Waals surface area contributed by atoms with Gasteiger partial charge in [-0.3, -0.25) is 0 Å². The van der Waals surface area contributed by atoms with Gasteiger partial charge in [-0.2, -0.15) is 0 Å². The Morgan fingerprint density at radius 3 is 2.79 bits per heavy atom. The van der Waals surface area contributed by atoms with Gasteiger partial charge in [-0.25, -0.2) is 0 Å². The van der Waals surface area contributed by atoms with Crippen LogP contribution in [-0.2, 0) is 18.3 Å². The molecule has 0 aromatic carbocycles. The van der Waals surface area contributed by atoms with E-state index in [1.165, 1.54) is 0 Å². The molecule has 19 heavy (non-hydrogen) atoms. The molecule has 1 fully saturated rings. The van der Waals surface area contributed by atoms with Crippen molar-refractivity contribution in [2.75, 3.05) is 6.61 Å². The van der Waals surface area contributed by atoms with E-state index >= 15 is 0 Å². The van der Waals surface area contributed by atoms with Crippen molar-refractivity contribution in [2.45, 2.75) is 52.8 Å². The fourth-order valence-corrected chi connectivity index (χ4v) is 2.50. The highest BCUT2D eigenvalue weighted by molar-refractivity contribution is 5.03. The first-order chi connectivity index (χ1) is 8.91. The molecule has 108 valence electrons. The molecule has 0 bridgehead atoms. The SMILES string of the molecule is CC(C)COC1CC(NCc2nncn2C)C1(C)C. The predicted molar refractivity (Wildman–Crippen MR) is 74.6 cm³/mol. The summed E-state index contributed by atoms with van der Waals surface area (Å²) in [6, 6.07) is 0.487. The quantitative estimate of drug-likeness (QED) is 0.852. The molecule has 1 aromatic heterocycles. The second kappa shape index (κ2) is 5.59. The van der Waals surface area contributed by atoms with E-state index in [4.69, 9.17) is 4.74 Å². The second-order valence-corrected chi connectivity index (χ2v) is 6.56. The fourth-order valence-electron chi connectivity index (χ4n) is 2.50. The largest absolute Gasteiger partial charge is 0.377 e. The summed E-state index contributed by atoms with van der Waals surface area (Å²) in [5, 5.41) is 11.6. The molecule has 0 amide bonds. The molecule has 1 aliphatic rings. The Labute approximate surface area is 115 Å². The van der Waals surface area contributed by atoms with Gasteiger partial charge in [0.2, 0.25) is 0 Å². The van der Waals surface area contributed by atoms with Gasteiger partial charge in [0.15, 0.2) is 0 Å². The van der Waals surface area contributed by atoms with Gasteiger partial charge in [0, 0.05) is 25.1 Å². The van der Waals surface area contributed by atoms with Crippen molar-refractivity contribution in [2.24, 2.45) is 18.4 Å². The van der Waals surface area contributed by atoms with E-state index < -0.39 is 0 Å². The summed E-state index contributed by atoms with van der Waals surface area (Å²) in [5.41, 5.74) is 0.188. The normalized spacial score (nSPS) is 25.6. The molecular formula is C14H26N4O. The van der Waals surface area contributed by atoms with Gasteiger partial charge < -0.3 is 14.6 Å². The summed E-state index contributed by atoms with van der Waals surface area (Å²) in [7, 11) is 1.97. The number of hydrogen-bond acceptors (Lipinski definition) is 4. The van der Waals surface area contributed by atoms with Crippen LogP contribution < -0.4 is 5.32 Å². The Morgan fingerprint density at radius 1 is 1.53 bits per heavy atom. The molecule has 0 aliphatic heterocycles.